The normalized spacial score (nSPS) is 22.9. The molecule has 0 bridgehead atoms. The highest BCUT2D eigenvalue weighted by molar-refractivity contribution is 6.10. The van der Waals surface area contributed by atoms with Gasteiger partial charge in [0.2, 0.25) is 0 Å². The number of ether oxygens (including phenoxy) is 3. The standard InChI is InChI=1S/C54H47NO4/c1-52(35-11-6-5-7-12-35,36-18-20-38(21-19-36)55-28-30-59-31-29-55)27-26-43-50-48(41-24-22-39(57-3)32-44(41)51(43)56)42-25-23-40(58-4)33-46(42)54(50)45-14-8-10-34-16-17-37-13-9-15-47(54)53(37,2)49(34)45/h5-27,32-33,47,56H,28-31H2,1-4H3/b27-26-. The van der Waals surface area contributed by atoms with E-state index in [0.717, 1.165) is 65.1 Å². The van der Waals surface area contributed by atoms with Crippen LogP contribution in [0.3, 0.4) is 0 Å². The van der Waals surface area contributed by atoms with Gasteiger partial charge in [0, 0.05) is 46.5 Å². The lowest BCUT2D eigenvalue weighted by Gasteiger charge is -2.43. The molecule has 5 nitrogen and oxygen atoms in total. The highest BCUT2D eigenvalue weighted by Crippen LogP contribution is 2.72. The number of phenols is 1. The lowest BCUT2D eigenvalue weighted by atomic mass is 9.58. The number of fused-ring (bicyclic) bond motifs is 9. The summed E-state index contributed by atoms with van der Waals surface area (Å²) in [5, 5.41) is 14.8. The smallest absolute Gasteiger partial charge is 0.131 e. The zero-order chi connectivity index (χ0) is 40.1. The number of rotatable bonds is 7. The van der Waals surface area contributed by atoms with Crippen molar-refractivity contribution in [2.24, 2.45) is 5.92 Å². The Kier molecular flexibility index (Phi) is 7.96. The van der Waals surface area contributed by atoms with Crippen molar-refractivity contribution >= 4 is 28.6 Å². The zero-order valence-electron chi connectivity index (χ0n) is 34.0. The molecule has 11 rings (SSSR count). The summed E-state index contributed by atoms with van der Waals surface area (Å²) >= 11 is 0. The van der Waals surface area contributed by atoms with Gasteiger partial charge in [0.05, 0.1) is 32.8 Å². The summed E-state index contributed by atoms with van der Waals surface area (Å²) in [6.45, 7) is 7.98. The average molecular weight is 774 g/mol. The first-order valence-electron chi connectivity index (χ1n) is 20.8. The Balaban J connectivity index is 1.22. The number of benzene rings is 6. The zero-order valence-corrected chi connectivity index (χ0v) is 34.0. The highest BCUT2D eigenvalue weighted by Gasteiger charge is 2.65. The molecule has 0 radical (unpaired) electrons. The number of allylic oxidation sites excluding steroid dienone is 6. The molecule has 292 valence electrons. The van der Waals surface area contributed by atoms with Crippen LogP contribution < -0.4 is 14.4 Å². The monoisotopic (exact) mass is 773 g/mol. The second-order valence-corrected chi connectivity index (χ2v) is 17.0. The van der Waals surface area contributed by atoms with Gasteiger partial charge in [-0.2, -0.15) is 0 Å². The van der Waals surface area contributed by atoms with Gasteiger partial charge < -0.3 is 24.2 Å². The van der Waals surface area contributed by atoms with E-state index in [4.69, 9.17) is 14.2 Å². The third kappa shape index (κ3) is 4.82. The second-order valence-electron chi connectivity index (χ2n) is 17.0. The van der Waals surface area contributed by atoms with Gasteiger partial charge in [0.1, 0.15) is 17.2 Å². The Labute approximate surface area is 346 Å². The Morgan fingerprint density at radius 1 is 0.780 bits per heavy atom. The number of morpholine rings is 1. The molecule has 1 spiro atoms. The maximum Gasteiger partial charge on any atom is 0.131 e. The maximum atomic E-state index is 13.0. The van der Waals surface area contributed by atoms with Crippen molar-refractivity contribution in [1.82, 2.24) is 0 Å². The molecule has 1 saturated heterocycles. The second kappa shape index (κ2) is 13.1. The summed E-state index contributed by atoms with van der Waals surface area (Å²) in [7, 11) is 3.43. The minimum absolute atomic E-state index is 0.0127. The molecule has 4 aliphatic carbocycles. The Morgan fingerprint density at radius 3 is 2.31 bits per heavy atom. The highest BCUT2D eigenvalue weighted by atomic mass is 16.5. The van der Waals surface area contributed by atoms with Crippen molar-refractivity contribution in [3.05, 3.63) is 190 Å². The first kappa shape index (κ1) is 35.8. The van der Waals surface area contributed by atoms with E-state index in [1.54, 1.807) is 14.2 Å². The summed E-state index contributed by atoms with van der Waals surface area (Å²) in [6, 6.07) is 39.3. The number of aromatic hydroxyl groups is 1. The lowest BCUT2D eigenvalue weighted by Crippen LogP contribution is -2.41. The number of phenolic OH excluding ortho intramolecular Hbond substituents is 1. The van der Waals surface area contributed by atoms with Crippen LogP contribution in [0.25, 0.3) is 34.1 Å². The molecule has 4 unspecified atom stereocenters. The van der Waals surface area contributed by atoms with Gasteiger partial charge in [0.25, 0.3) is 0 Å². The molecule has 5 aliphatic rings. The van der Waals surface area contributed by atoms with Crippen LogP contribution in [0.1, 0.15) is 58.4 Å². The first-order chi connectivity index (χ1) is 28.8. The van der Waals surface area contributed by atoms with Crippen molar-refractivity contribution < 1.29 is 19.3 Å². The van der Waals surface area contributed by atoms with Gasteiger partial charge in [-0.3, -0.25) is 0 Å². The Bertz CT molecular complexity index is 2830. The molecule has 1 heterocycles. The summed E-state index contributed by atoms with van der Waals surface area (Å²) in [4.78, 5) is 2.39. The molecule has 1 fully saturated rings. The molecule has 5 heteroatoms. The fourth-order valence-electron chi connectivity index (χ4n) is 11.5. The van der Waals surface area contributed by atoms with Gasteiger partial charge in [0.15, 0.2) is 0 Å². The summed E-state index contributed by atoms with van der Waals surface area (Å²) in [5.41, 5.74) is 12.7. The first-order valence-corrected chi connectivity index (χ1v) is 20.8. The van der Waals surface area contributed by atoms with E-state index in [0.29, 0.717) is 5.75 Å². The minimum atomic E-state index is -0.657. The van der Waals surface area contributed by atoms with E-state index in [9.17, 15) is 5.11 Å². The largest absolute Gasteiger partial charge is 0.507 e. The van der Waals surface area contributed by atoms with E-state index < -0.39 is 10.8 Å². The molecule has 6 aromatic carbocycles. The number of hydrogen-bond acceptors (Lipinski definition) is 5. The van der Waals surface area contributed by atoms with Crippen molar-refractivity contribution in [1.29, 1.82) is 0 Å². The van der Waals surface area contributed by atoms with Crippen LogP contribution in [0.4, 0.5) is 5.69 Å². The minimum Gasteiger partial charge on any atom is -0.507 e. The van der Waals surface area contributed by atoms with Gasteiger partial charge in [-0.1, -0.05) is 116 Å². The van der Waals surface area contributed by atoms with Gasteiger partial charge >= 0.3 is 0 Å². The van der Waals surface area contributed by atoms with E-state index >= 15 is 0 Å². The molecule has 0 amide bonds. The summed E-state index contributed by atoms with van der Waals surface area (Å²) in [6.07, 6.45) is 16.1. The summed E-state index contributed by atoms with van der Waals surface area (Å²) in [5.74, 6) is 1.78. The Morgan fingerprint density at radius 2 is 1.53 bits per heavy atom. The van der Waals surface area contributed by atoms with E-state index in [1.807, 2.05) is 12.1 Å². The van der Waals surface area contributed by atoms with E-state index in [-0.39, 0.29) is 17.1 Å². The quantitative estimate of drug-likeness (QED) is 0.175. The SMILES string of the molecule is COc1ccc2c(c1)C1(c3cccc4c3C3(C)C(=CC=CC31)C=C4)c1c(/C=C\C(C)(c3ccccc3)c3ccc(N4CCOCC4)cc3)c(O)c3cc(OC)ccc3c1-2. The number of methoxy groups -OCH3 is 2. The molecule has 1 N–H and O–H groups in total. The molecule has 0 aromatic heterocycles. The third-order valence-corrected chi connectivity index (χ3v) is 14.4. The van der Waals surface area contributed by atoms with Crippen LogP contribution in [-0.4, -0.2) is 45.6 Å². The van der Waals surface area contributed by atoms with Crippen LogP contribution in [-0.2, 0) is 21.0 Å². The van der Waals surface area contributed by atoms with Gasteiger partial charge in [-0.05, 0) is 110 Å². The van der Waals surface area contributed by atoms with Crippen LogP contribution in [0, 0.1) is 5.92 Å². The molecule has 0 saturated carbocycles. The van der Waals surface area contributed by atoms with Crippen molar-refractivity contribution in [2.75, 3.05) is 45.4 Å². The van der Waals surface area contributed by atoms with Crippen LogP contribution in [0.15, 0.2) is 145 Å². The Hall–Kier alpha value is -6.30. The topological polar surface area (TPSA) is 51.2 Å². The van der Waals surface area contributed by atoms with Gasteiger partial charge in [-0.25, -0.2) is 0 Å². The van der Waals surface area contributed by atoms with E-state index in [2.05, 4.69) is 158 Å². The molecule has 1 aliphatic heterocycles. The number of nitrogens with zero attached hydrogens (tertiary/aromatic N) is 1. The molecular formula is C54H47NO4. The average Bonchev–Trinajstić information content (AvgIpc) is 3.72. The van der Waals surface area contributed by atoms with Crippen LogP contribution >= 0.6 is 0 Å². The van der Waals surface area contributed by atoms with Crippen molar-refractivity contribution in [3.63, 3.8) is 0 Å². The molecular weight excluding hydrogens is 727 g/mol. The van der Waals surface area contributed by atoms with Crippen LogP contribution in [0.2, 0.25) is 0 Å². The van der Waals surface area contributed by atoms with Crippen LogP contribution in [0.5, 0.6) is 17.2 Å². The predicted molar refractivity (Wildman–Crippen MR) is 239 cm³/mol. The summed E-state index contributed by atoms with van der Waals surface area (Å²) < 4.78 is 17.5. The third-order valence-electron chi connectivity index (χ3n) is 14.4. The lowest BCUT2D eigenvalue weighted by molar-refractivity contribution is 0.122. The fraction of sp³-hybridized carbons (Fsp3) is 0.222. The van der Waals surface area contributed by atoms with Gasteiger partial charge in [-0.15, -0.1) is 0 Å². The number of hydrogen-bond donors (Lipinski definition) is 1. The molecule has 59 heavy (non-hydrogen) atoms. The van der Waals surface area contributed by atoms with Crippen molar-refractivity contribution in [3.8, 4) is 28.4 Å². The molecule has 4 atom stereocenters. The predicted octanol–water partition coefficient (Wildman–Crippen LogP) is 11.1. The fourth-order valence-corrected chi connectivity index (χ4v) is 11.5. The molecule has 6 aromatic rings. The maximum absolute atomic E-state index is 13.0. The number of anilines is 1. The van der Waals surface area contributed by atoms with E-state index in [1.165, 1.54) is 44.6 Å². The van der Waals surface area contributed by atoms with Crippen molar-refractivity contribution in [2.45, 2.75) is 30.1 Å².